The van der Waals surface area contributed by atoms with E-state index in [4.69, 9.17) is 20.7 Å². The molecule has 29 nitrogen and oxygen atoms in total. The number of para-hydroxylation sites is 1. The molecule has 0 aliphatic heterocycles. The predicted octanol–water partition coefficient (Wildman–Crippen LogP) is -4.35. The van der Waals surface area contributed by atoms with E-state index < -0.39 is 163 Å². The van der Waals surface area contributed by atoms with Crippen molar-refractivity contribution in [1.29, 1.82) is 0 Å². The van der Waals surface area contributed by atoms with Gasteiger partial charge in [-0.1, -0.05) is 26.0 Å². The summed E-state index contributed by atoms with van der Waals surface area (Å²) in [5, 5.41) is 70.0. The van der Waals surface area contributed by atoms with Gasteiger partial charge in [-0.2, -0.15) is 0 Å². The van der Waals surface area contributed by atoms with E-state index in [1.54, 1.807) is 13.8 Å². The first kappa shape index (κ1) is 60.5. The second-order valence-corrected chi connectivity index (χ2v) is 16.3. The van der Waals surface area contributed by atoms with Gasteiger partial charge >= 0.3 is 18.0 Å². The number of nitrogens with one attached hydrogen (secondary N) is 9. The van der Waals surface area contributed by atoms with Gasteiger partial charge in [0, 0.05) is 12.5 Å². The van der Waals surface area contributed by atoms with Crippen molar-refractivity contribution in [3.05, 3.63) is 39.9 Å². The molecule has 0 aliphatic rings. The maximum Gasteiger partial charge on any atom is 0.408 e. The van der Waals surface area contributed by atoms with Crippen LogP contribution >= 0.6 is 0 Å². The Hall–Kier alpha value is -7.53. The van der Waals surface area contributed by atoms with Crippen molar-refractivity contribution in [2.24, 2.45) is 11.7 Å². The summed E-state index contributed by atoms with van der Waals surface area (Å²) >= 11 is 0. The summed E-state index contributed by atoms with van der Waals surface area (Å²) < 4.78 is 5.43. The number of alkyl carbamates (subject to hydrolysis) is 1. The van der Waals surface area contributed by atoms with Crippen molar-refractivity contribution in [2.45, 2.75) is 128 Å². The Balaban J connectivity index is 3.09. The van der Waals surface area contributed by atoms with Crippen LogP contribution < -0.4 is 53.6 Å². The summed E-state index contributed by atoms with van der Waals surface area (Å²) in [7, 11) is 0. The van der Waals surface area contributed by atoms with Gasteiger partial charge in [0.25, 0.3) is 5.69 Å². The van der Waals surface area contributed by atoms with Crippen LogP contribution in [0, 0.1) is 16.0 Å². The molecule has 10 atom stereocenters. The van der Waals surface area contributed by atoms with Crippen LogP contribution in [0.4, 0.5) is 10.5 Å². The Morgan fingerprint density at radius 3 is 1.64 bits per heavy atom. The van der Waals surface area contributed by atoms with Gasteiger partial charge < -0.3 is 78.7 Å². The zero-order valence-corrected chi connectivity index (χ0v) is 39.4. The van der Waals surface area contributed by atoms with Crippen LogP contribution in [0.25, 0.3) is 0 Å². The highest BCUT2D eigenvalue weighted by molar-refractivity contribution is 5.96. The summed E-state index contributed by atoms with van der Waals surface area (Å²) in [6, 6.07) is -6.36. The van der Waals surface area contributed by atoms with E-state index in [9.17, 15) is 73.1 Å². The number of benzene rings is 1. The number of rotatable bonds is 29. The van der Waals surface area contributed by atoms with Gasteiger partial charge in [0.1, 0.15) is 48.8 Å². The van der Waals surface area contributed by atoms with Crippen LogP contribution in [-0.4, -0.2) is 165 Å². The lowest BCUT2D eigenvalue weighted by atomic mass is 10.0. The molecular formula is C41H63N11O18. The first-order valence-corrected chi connectivity index (χ1v) is 21.7. The number of nitrogens with two attached hydrogens (primary N) is 1. The van der Waals surface area contributed by atoms with Gasteiger partial charge in [0.15, 0.2) is 6.10 Å². The topological polar surface area (TPSA) is 455 Å². The molecule has 15 N–H and O–H groups in total. The maximum absolute atomic E-state index is 13.4. The maximum atomic E-state index is 13.4. The molecule has 1 aromatic carbocycles. The quantitative estimate of drug-likeness (QED) is 0.0266. The van der Waals surface area contributed by atoms with E-state index in [-0.39, 0.29) is 24.3 Å². The second kappa shape index (κ2) is 29.4. The number of carbonyl (C=O) groups is 11. The number of ether oxygens (including phenoxy) is 1. The molecule has 0 saturated heterocycles. The SMILES string of the molecule is CC(C)C[C@H](NC(=O)[C@H](C)NC(=O)[C@@H](NC(=O)OC(CNC(=O)[C@H](C)NC(=O)[C@H](C)NC(=O)[C@H](C)NC(=O)[C@@H](N)CCC(=O)O)c1ccccc1[N+](=O)[O-])[C@@H](C)O)C(=O)N[C@@H](CO)C(=O)NCC(=O)O. The minimum absolute atomic E-state index is 0.00884. The van der Waals surface area contributed by atoms with Crippen molar-refractivity contribution >= 4 is 71.0 Å². The number of carboxylic acid groups (broad SMARTS) is 2. The van der Waals surface area contributed by atoms with Crippen LogP contribution in [0.2, 0.25) is 0 Å². The number of carbonyl (C=O) groups excluding carboxylic acids is 9. The molecular weight excluding hydrogens is 935 g/mol. The first-order chi connectivity index (χ1) is 32.6. The third kappa shape index (κ3) is 21.2. The minimum atomic E-state index is -1.86. The van der Waals surface area contributed by atoms with Gasteiger partial charge in [0.2, 0.25) is 47.3 Å². The zero-order chi connectivity index (χ0) is 53.6. The fourth-order valence-electron chi connectivity index (χ4n) is 5.91. The Kier molecular flexibility index (Phi) is 25.4. The summed E-state index contributed by atoms with van der Waals surface area (Å²) in [6.45, 7) is 7.06. The third-order valence-corrected chi connectivity index (χ3v) is 9.81. The molecule has 1 unspecified atom stereocenters. The lowest BCUT2D eigenvalue weighted by Gasteiger charge is -2.26. The number of hydrogen-bond donors (Lipinski definition) is 14. The Bertz CT molecular complexity index is 2070. The highest BCUT2D eigenvalue weighted by atomic mass is 16.6. The van der Waals surface area contributed by atoms with Crippen LogP contribution in [0.5, 0.6) is 0 Å². The smallest absolute Gasteiger partial charge is 0.408 e. The number of aliphatic hydroxyl groups is 2. The molecule has 29 heteroatoms. The highest BCUT2D eigenvalue weighted by Gasteiger charge is 2.34. The molecule has 1 rings (SSSR count). The highest BCUT2D eigenvalue weighted by Crippen LogP contribution is 2.27. The Morgan fingerprint density at radius 2 is 1.14 bits per heavy atom. The minimum Gasteiger partial charge on any atom is -0.481 e. The van der Waals surface area contributed by atoms with Crippen LogP contribution in [0.15, 0.2) is 24.3 Å². The number of nitro benzene ring substituents is 1. The molecule has 0 aromatic heterocycles. The molecule has 0 fully saturated rings. The molecule has 0 spiro atoms. The van der Waals surface area contributed by atoms with Gasteiger partial charge in [-0.05, 0) is 59.4 Å². The zero-order valence-electron chi connectivity index (χ0n) is 39.4. The van der Waals surface area contributed by atoms with Gasteiger partial charge in [-0.3, -0.25) is 58.1 Å². The molecule has 0 bridgehead atoms. The Morgan fingerprint density at radius 1 is 0.643 bits per heavy atom. The van der Waals surface area contributed by atoms with Gasteiger partial charge in [-0.15, -0.1) is 0 Å². The van der Waals surface area contributed by atoms with Crippen LogP contribution in [0.3, 0.4) is 0 Å². The number of nitrogens with zero attached hydrogens (tertiary/aromatic N) is 1. The fraction of sp³-hybridized carbons (Fsp3) is 0.585. The van der Waals surface area contributed by atoms with Crippen LogP contribution in [-0.2, 0) is 52.7 Å². The molecule has 0 aliphatic carbocycles. The van der Waals surface area contributed by atoms with Crippen molar-refractivity contribution in [3.8, 4) is 0 Å². The molecule has 9 amide bonds. The van der Waals surface area contributed by atoms with Crippen molar-refractivity contribution in [1.82, 2.24) is 47.9 Å². The van der Waals surface area contributed by atoms with Crippen LogP contribution in [0.1, 0.15) is 79.4 Å². The van der Waals surface area contributed by atoms with E-state index >= 15 is 0 Å². The van der Waals surface area contributed by atoms with E-state index in [0.717, 1.165) is 13.0 Å². The van der Waals surface area contributed by atoms with E-state index in [2.05, 4.69) is 42.5 Å². The standard InChI is InChI=1S/C41H63N11O18/c1-18(2)14-26(39(65)50-27(17-53)38(64)44-16-31(57)58)49-36(62)22(6)48-40(66)32(23(7)54)51-41(67)70-29(24-10-8-9-11-28(24)52(68)69)15-43-33(59)19(3)45-34(60)20(4)46-35(61)21(5)47-37(63)25(42)12-13-30(55)56/h8-11,18-23,25-27,29,32,53-54H,12-17,42H2,1-7H3,(H,43,59)(H,44,64)(H,45,60)(H,46,61)(H,47,63)(H,48,66)(H,49,62)(H,50,65)(H,51,67)(H,55,56)(H,57,58)/t19-,20-,21-,22-,23+,25-,26-,27-,29?,32-/m0/s1. The van der Waals surface area contributed by atoms with Crippen molar-refractivity contribution in [2.75, 3.05) is 19.7 Å². The Labute approximate surface area is 400 Å². The van der Waals surface area contributed by atoms with E-state index in [0.29, 0.717) is 0 Å². The summed E-state index contributed by atoms with van der Waals surface area (Å²) in [5.74, 6) is -10.3. The lowest BCUT2D eigenvalue weighted by molar-refractivity contribution is -0.386. The molecule has 0 radical (unpaired) electrons. The lowest BCUT2D eigenvalue weighted by Crippen LogP contribution is -2.59. The number of hydrogen-bond acceptors (Lipinski definition) is 17. The number of nitro groups is 1. The van der Waals surface area contributed by atoms with Gasteiger partial charge in [-0.25, -0.2) is 4.79 Å². The summed E-state index contributed by atoms with van der Waals surface area (Å²) in [5.41, 5.74) is 4.85. The van der Waals surface area contributed by atoms with Crippen molar-refractivity contribution < 1.29 is 82.8 Å². The molecule has 0 saturated carbocycles. The normalized spacial score (nSPS) is 15.2. The largest absolute Gasteiger partial charge is 0.481 e. The number of amides is 9. The monoisotopic (exact) mass is 997 g/mol. The molecule has 1 aromatic rings. The summed E-state index contributed by atoms with van der Waals surface area (Å²) in [6.07, 6.45) is -5.39. The number of carboxylic acids is 2. The average molecular weight is 998 g/mol. The molecule has 0 heterocycles. The van der Waals surface area contributed by atoms with Gasteiger partial charge in [0.05, 0.1) is 35.8 Å². The molecule has 70 heavy (non-hydrogen) atoms. The molecule has 390 valence electrons. The van der Waals surface area contributed by atoms with E-state index in [1.165, 1.54) is 45.9 Å². The summed E-state index contributed by atoms with van der Waals surface area (Å²) in [4.78, 5) is 149. The number of aliphatic carboxylic acids is 2. The van der Waals surface area contributed by atoms with E-state index in [1.807, 2.05) is 5.32 Å². The second-order valence-electron chi connectivity index (χ2n) is 16.3. The van der Waals surface area contributed by atoms with Crippen molar-refractivity contribution in [3.63, 3.8) is 0 Å². The first-order valence-electron chi connectivity index (χ1n) is 21.7. The number of aliphatic hydroxyl groups excluding tert-OH is 2. The third-order valence-electron chi connectivity index (χ3n) is 9.81. The fourth-order valence-corrected chi connectivity index (χ4v) is 5.91. The predicted molar refractivity (Wildman–Crippen MR) is 240 cm³/mol. The average Bonchev–Trinajstić information content (AvgIpc) is 3.28.